The molecule has 8 heteroatoms. The predicted molar refractivity (Wildman–Crippen MR) is 150 cm³/mol. The van der Waals surface area contributed by atoms with E-state index in [0.717, 1.165) is 16.7 Å². The molecule has 8 nitrogen and oxygen atoms in total. The second kappa shape index (κ2) is 14.4. The summed E-state index contributed by atoms with van der Waals surface area (Å²) in [6.07, 6.45) is -4.48. The first-order valence-corrected chi connectivity index (χ1v) is 13.5. The fraction of sp³-hybridized carbons (Fsp3) is 0.406. The largest absolute Gasteiger partial charge is 0.444 e. The highest BCUT2D eigenvalue weighted by molar-refractivity contribution is 5.68. The molecule has 3 aromatic carbocycles. The molecule has 0 radical (unpaired) electrons. The van der Waals surface area contributed by atoms with Crippen LogP contribution in [0.5, 0.6) is 0 Å². The van der Waals surface area contributed by atoms with Crippen molar-refractivity contribution in [1.82, 2.24) is 5.32 Å². The Labute approximate surface area is 236 Å². The van der Waals surface area contributed by atoms with Crippen LogP contribution in [-0.2, 0) is 48.2 Å². The number of amides is 1. The monoisotopic (exact) mass is 549 g/mol. The summed E-state index contributed by atoms with van der Waals surface area (Å²) in [6.45, 7) is 6.29. The van der Waals surface area contributed by atoms with E-state index in [1.807, 2.05) is 91.0 Å². The first-order valence-electron chi connectivity index (χ1n) is 13.5. The topological polar surface area (TPSA) is 84.5 Å². The lowest BCUT2D eigenvalue weighted by molar-refractivity contribution is -0.321. The molecule has 0 spiro atoms. The predicted octanol–water partition coefficient (Wildman–Crippen LogP) is 5.60. The smallest absolute Gasteiger partial charge is 0.409 e. The SMILES string of the molecule is CO[C@H]1O[C@H](NC(=O)OC(C)(C)C)[C@@H](OCc2ccccc2)[C@H](OCc2ccccc2)[C@H]1OCc1ccccc1. The van der Waals surface area contributed by atoms with Crippen molar-refractivity contribution in [2.24, 2.45) is 0 Å². The molecule has 1 heterocycles. The average molecular weight is 550 g/mol. The van der Waals surface area contributed by atoms with E-state index in [1.54, 1.807) is 20.8 Å². The molecule has 3 aromatic rings. The van der Waals surface area contributed by atoms with Crippen molar-refractivity contribution in [3.63, 3.8) is 0 Å². The van der Waals surface area contributed by atoms with Gasteiger partial charge in [0.25, 0.3) is 0 Å². The van der Waals surface area contributed by atoms with Gasteiger partial charge in [0, 0.05) is 7.11 Å². The zero-order valence-corrected chi connectivity index (χ0v) is 23.5. The third-order valence-corrected chi connectivity index (χ3v) is 6.24. The van der Waals surface area contributed by atoms with E-state index < -0.39 is 42.5 Å². The van der Waals surface area contributed by atoms with Gasteiger partial charge >= 0.3 is 6.09 Å². The van der Waals surface area contributed by atoms with Crippen molar-refractivity contribution in [3.8, 4) is 0 Å². The lowest BCUT2D eigenvalue weighted by Crippen LogP contribution is -2.65. The first kappa shape index (κ1) is 29.7. The van der Waals surface area contributed by atoms with Crippen LogP contribution in [0.4, 0.5) is 4.79 Å². The van der Waals surface area contributed by atoms with Gasteiger partial charge in [-0.3, -0.25) is 5.32 Å². The van der Waals surface area contributed by atoms with Crippen molar-refractivity contribution in [1.29, 1.82) is 0 Å². The Bertz CT molecular complexity index is 1150. The molecule has 0 unspecified atom stereocenters. The molecular weight excluding hydrogens is 510 g/mol. The van der Waals surface area contributed by atoms with Crippen molar-refractivity contribution < 1.29 is 33.2 Å². The maximum Gasteiger partial charge on any atom is 0.409 e. The third kappa shape index (κ3) is 8.87. The summed E-state index contributed by atoms with van der Waals surface area (Å²) in [7, 11) is 1.54. The van der Waals surface area contributed by atoms with Crippen LogP contribution < -0.4 is 5.32 Å². The van der Waals surface area contributed by atoms with Crippen LogP contribution in [0, 0.1) is 0 Å². The first-order chi connectivity index (χ1) is 19.3. The molecule has 0 saturated carbocycles. The average Bonchev–Trinajstić information content (AvgIpc) is 2.95. The van der Waals surface area contributed by atoms with Crippen LogP contribution in [0.15, 0.2) is 91.0 Å². The van der Waals surface area contributed by atoms with E-state index in [2.05, 4.69) is 5.32 Å². The summed E-state index contributed by atoms with van der Waals surface area (Å²) in [4.78, 5) is 12.8. The van der Waals surface area contributed by atoms with E-state index in [1.165, 1.54) is 7.11 Å². The van der Waals surface area contributed by atoms with Gasteiger partial charge in [-0.2, -0.15) is 0 Å². The van der Waals surface area contributed by atoms with Gasteiger partial charge in [0.2, 0.25) is 0 Å². The number of rotatable bonds is 11. The number of carbonyl (C=O) groups excluding carboxylic acids is 1. The molecule has 214 valence electrons. The standard InChI is InChI=1S/C32H39NO7/c1-32(2,3)40-31(34)33-29-27(37-21-24-16-10-6-11-17-24)26(36-20-23-14-8-5-9-15-23)28(30(35-4)39-29)38-22-25-18-12-7-13-19-25/h5-19,26-30H,20-22H2,1-4H3,(H,33,34)/t26-,27-,28+,29-,30-/m0/s1. The molecule has 1 fully saturated rings. The number of hydrogen-bond donors (Lipinski definition) is 1. The lowest BCUT2D eigenvalue weighted by atomic mass is 10.0. The number of alkyl carbamates (subject to hydrolysis) is 1. The number of carbonyl (C=O) groups is 1. The minimum Gasteiger partial charge on any atom is -0.444 e. The van der Waals surface area contributed by atoms with Crippen LogP contribution in [0.3, 0.4) is 0 Å². The van der Waals surface area contributed by atoms with Crippen LogP contribution in [0.2, 0.25) is 0 Å². The van der Waals surface area contributed by atoms with Gasteiger partial charge in [0.05, 0.1) is 19.8 Å². The third-order valence-electron chi connectivity index (χ3n) is 6.24. The summed E-state index contributed by atoms with van der Waals surface area (Å²) >= 11 is 0. The Morgan fingerprint density at radius 3 is 1.55 bits per heavy atom. The number of ether oxygens (including phenoxy) is 6. The maximum atomic E-state index is 12.8. The summed E-state index contributed by atoms with van der Waals surface area (Å²) in [5.74, 6) is 0. The lowest BCUT2D eigenvalue weighted by Gasteiger charge is -2.45. The van der Waals surface area contributed by atoms with E-state index in [-0.39, 0.29) is 6.61 Å². The van der Waals surface area contributed by atoms with Crippen LogP contribution in [0.1, 0.15) is 37.5 Å². The summed E-state index contributed by atoms with van der Waals surface area (Å²) in [5.41, 5.74) is 2.26. The van der Waals surface area contributed by atoms with E-state index >= 15 is 0 Å². The fourth-order valence-electron chi connectivity index (χ4n) is 4.39. The second-order valence-electron chi connectivity index (χ2n) is 10.6. The molecule has 1 amide bonds. The Kier molecular flexibility index (Phi) is 10.7. The van der Waals surface area contributed by atoms with Crippen molar-refractivity contribution in [2.75, 3.05) is 7.11 Å². The molecule has 1 N–H and O–H groups in total. The Morgan fingerprint density at radius 1 is 0.700 bits per heavy atom. The highest BCUT2D eigenvalue weighted by Crippen LogP contribution is 2.30. The number of methoxy groups -OCH3 is 1. The minimum atomic E-state index is -0.930. The van der Waals surface area contributed by atoms with Crippen LogP contribution in [0.25, 0.3) is 0 Å². The molecule has 0 aromatic heterocycles. The maximum absolute atomic E-state index is 12.8. The summed E-state index contributed by atoms with van der Waals surface area (Å²) < 4.78 is 36.8. The summed E-state index contributed by atoms with van der Waals surface area (Å²) in [5, 5.41) is 2.82. The van der Waals surface area contributed by atoms with Gasteiger partial charge < -0.3 is 28.4 Å². The van der Waals surface area contributed by atoms with Gasteiger partial charge in [-0.25, -0.2) is 4.79 Å². The Hall–Kier alpha value is -3.27. The molecule has 1 saturated heterocycles. The molecular formula is C32H39NO7. The van der Waals surface area contributed by atoms with Crippen molar-refractivity contribution >= 4 is 6.09 Å². The van der Waals surface area contributed by atoms with Gasteiger partial charge in [-0.1, -0.05) is 91.0 Å². The zero-order chi connectivity index (χ0) is 28.4. The number of nitrogens with one attached hydrogen (secondary N) is 1. The van der Waals surface area contributed by atoms with Crippen LogP contribution >= 0.6 is 0 Å². The number of hydrogen-bond acceptors (Lipinski definition) is 7. The molecule has 1 aliphatic heterocycles. The second-order valence-corrected chi connectivity index (χ2v) is 10.6. The zero-order valence-electron chi connectivity index (χ0n) is 23.5. The Morgan fingerprint density at radius 2 is 1.12 bits per heavy atom. The normalized spacial score (nSPS) is 22.9. The molecule has 1 aliphatic rings. The quantitative estimate of drug-likeness (QED) is 0.334. The fourth-order valence-corrected chi connectivity index (χ4v) is 4.39. The van der Waals surface area contributed by atoms with E-state index in [9.17, 15) is 4.79 Å². The Balaban J connectivity index is 1.62. The van der Waals surface area contributed by atoms with E-state index in [0.29, 0.717) is 13.2 Å². The van der Waals surface area contributed by atoms with Gasteiger partial charge in [0.1, 0.15) is 23.9 Å². The summed E-state index contributed by atoms with van der Waals surface area (Å²) in [6, 6.07) is 29.5. The van der Waals surface area contributed by atoms with Crippen LogP contribution in [-0.4, -0.2) is 49.6 Å². The van der Waals surface area contributed by atoms with Crippen molar-refractivity contribution in [2.45, 2.75) is 77.0 Å². The molecule has 5 atom stereocenters. The molecule has 0 bridgehead atoms. The van der Waals surface area contributed by atoms with E-state index in [4.69, 9.17) is 28.4 Å². The molecule has 40 heavy (non-hydrogen) atoms. The highest BCUT2D eigenvalue weighted by atomic mass is 16.7. The minimum absolute atomic E-state index is 0.273. The van der Waals surface area contributed by atoms with Crippen molar-refractivity contribution in [3.05, 3.63) is 108 Å². The highest BCUT2D eigenvalue weighted by Gasteiger charge is 2.49. The molecule has 0 aliphatic carbocycles. The van der Waals surface area contributed by atoms with Gasteiger partial charge in [0.15, 0.2) is 12.5 Å². The van der Waals surface area contributed by atoms with Gasteiger partial charge in [-0.15, -0.1) is 0 Å². The number of benzene rings is 3. The van der Waals surface area contributed by atoms with Gasteiger partial charge in [-0.05, 0) is 37.5 Å². The molecule has 4 rings (SSSR count).